The van der Waals surface area contributed by atoms with Crippen LogP contribution in [0.1, 0.15) is 0 Å². The summed E-state index contributed by atoms with van der Waals surface area (Å²) in [6.45, 7) is 0. The van der Waals surface area contributed by atoms with Crippen molar-refractivity contribution in [1.29, 1.82) is 0 Å². The van der Waals surface area contributed by atoms with Crippen LogP contribution in [0.2, 0.25) is 0 Å². The fourth-order valence-electron chi connectivity index (χ4n) is 2.20. The molecule has 0 bridgehead atoms. The van der Waals surface area contributed by atoms with E-state index in [-0.39, 0.29) is 11.5 Å². The van der Waals surface area contributed by atoms with Crippen molar-refractivity contribution in [2.24, 2.45) is 0 Å². The standard InChI is InChI=1S/C12H11N3O2/c13-7-1-5(16)3-9-11(7)12-8(14)2-6(17)4-10(12)15-9/h1-4,15-17H,13-14H2. The van der Waals surface area contributed by atoms with Gasteiger partial charge in [0.2, 0.25) is 0 Å². The SMILES string of the molecule is Nc1cc(O)cc2[nH]c3cc(O)cc(N)c3c12. The van der Waals surface area contributed by atoms with Gasteiger partial charge in [0.1, 0.15) is 11.5 Å². The van der Waals surface area contributed by atoms with E-state index in [4.69, 9.17) is 11.5 Å². The minimum Gasteiger partial charge on any atom is -0.508 e. The van der Waals surface area contributed by atoms with Crippen molar-refractivity contribution in [3.05, 3.63) is 24.3 Å². The number of benzene rings is 2. The van der Waals surface area contributed by atoms with Crippen molar-refractivity contribution < 1.29 is 10.2 Å². The maximum Gasteiger partial charge on any atom is 0.119 e. The van der Waals surface area contributed by atoms with Crippen molar-refractivity contribution in [3.8, 4) is 11.5 Å². The summed E-state index contributed by atoms with van der Waals surface area (Å²) in [5, 5.41) is 20.5. The Hall–Kier alpha value is -2.56. The number of rotatable bonds is 0. The number of aromatic nitrogens is 1. The number of anilines is 2. The molecule has 0 amide bonds. The van der Waals surface area contributed by atoms with E-state index in [9.17, 15) is 10.2 Å². The summed E-state index contributed by atoms with van der Waals surface area (Å²) in [5.41, 5.74) is 14.0. The smallest absolute Gasteiger partial charge is 0.119 e. The number of nitrogens with one attached hydrogen (secondary N) is 1. The summed E-state index contributed by atoms with van der Waals surface area (Å²) in [6, 6.07) is 6.09. The van der Waals surface area contributed by atoms with Crippen LogP contribution in [-0.4, -0.2) is 15.2 Å². The number of aromatic amines is 1. The summed E-state index contributed by atoms with van der Waals surface area (Å²) in [6.07, 6.45) is 0. The molecule has 86 valence electrons. The molecule has 0 radical (unpaired) electrons. The molecule has 0 saturated carbocycles. The van der Waals surface area contributed by atoms with Gasteiger partial charge in [-0.15, -0.1) is 0 Å². The first-order chi connectivity index (χ1) is 8.06. The van der Waals surface area contributed by atoms with Crippen LogP contribution < -0.4 is 11.5 Å². The highest BCUT2D eigenvalue weighted by Crippen LogP contribution is 2.37. The van der Waals surface area contributed by atoms with Gasteiger partial charge in [0.05, 0.1) is 11.0 Å². The molecule has 17 heavy (non-hydrogen) atoms. The summed E-state index contributed by atoms with van der Waals surface area (Å²) < 4.78 is 0. The largest absolute Gasteiger partial charge is 0.508 e. The second-order valence-electron chi connectivity index (χ2n) is 4.04. The molecule has 0 unspecified atom stereocenters. The zero-order valence-electron chi connectivity index (χ0n) is 8.86. The number of hydrogen-bond acceptors (Lipinski definition) is 4. The number of aromatic hydroxyl groups is 2. The van der Waals surface area contributed by atoms with E-state index in [0.717, 1.165) is 10.8 Å². The molecule has 3 aromatic rings. The number of nitrogens with two attached hydrogens (primary N) is 2. The van der Waals surface area contributed by atoms with Crippen molar-refractivity contribution >= 4 is 33.2 Å². The van der Waals surface area contributed by atoms with E-state index in [2.05, 4.69) is 4.98 Å². The van der Waals surface area contributed by atoms with E-state index in [1.165, 1.54) is 12.1 Å². The van der Waals surface area contributed by atoms with Crippen LogP contribution in [0.3, 0.4) is 0 Å². The Kier molecular flexibility index (Phi) is 1.69. The number of nitrogen functional groups attached to an aromatic ring is 2. The third-order valence-corrected chi connectivity index (χ3v) is 2.83. The lowest BCUT2D eigenvalue weighted by atomic mass is 10.1. The van der Waals surface area contributed by atoms with Crippen molar-refractivity contribution in [2.45, 2.75) is 0 Å². The van der Waals surface area contributed by atoms with Crippen LogP contribution in [0.4, 0.5) is 11.4 Å². The molecule has 5 heteroatoms. The van der Waals surface area contributed by atoms with E-state index in [1.807, 2.05) is 0 Å². The Bertz CT molecular complexity index is 684. The number of phenolic OH excluding ortho intramolecular Hbond substituents is 2. The van der Waals surface area contributed by atoms with Gasteiger partial charge in [-0.05, 0) is 0 Å². The van der Waals surface area contributed by atoms with Gasteiger partial charge in [0.15, 0.2) is 0 Å². The first-order valence-electron chi connectivity index (χ1n) is 5.08. The molecule has 0 aliphatic heterocycles. The van der Waals surface area contributed by atoms with Crippen molar-refractivity contribution in [1.82, 2.24) is 4.98 Å². The fourth-order valence-corrected chi connectivity index (χ4v) is 2.20. The zero-order valence-corrected chi connectivity index (χ0v) is 8.86. The van der Waals surface area contributed by atoms with Crippen molar-refractivity contribution in [3.63, 3.8) is 0 Å². The van der Waals surface area contributed by atoms with E-state index in [0.29, 0.717) is 22.4 Å². The predicted molar refractivity (Wildman–Crippen MR) is 68.0 cm³/mol. The molecule has 7 N–H and O–H groups in total. The van der Waals surface area contributed by atoms with Gasteiger partial charge in [-0.2, -0.15) is 0 Å². The third kappa shape index (κ3) is 1.25. The molecular formula is C12H11N3O2. The predicted octanol–water partition coefficient (Wildman–Crippen LogP) is 1.90. The van der Waals surface area contributed by atoms with E-state index in [1.54, 1.807) is 12.1 Å². The number of phenols is 2. The monoisotopic (exact) mass is 229 g/mol. The molecule has 0 fully saturated rings. The van der Waals surface area contributed by atoms with Crippen LogP contribution in [0.25, 0.3) is 21.8 Å². The van der Waals surface area contributed by atoms with E-state index < -0.39 is 0 Å². The molecule has 2 aromatic carbocycles. The van der Waals surface area contributed by atoms with Gasteiger partial charge in [-0.3, -0.25) is 0 Å². The first-order valence-corrected chi connectivity index (χ1v) is 5.08. The Morgan fingerprint density at radius 2 is 1.18 bits per heavy atom. The highest BCUT2D eigenvalue weighted by Gasteiger charge is 2.12. The van der Waals surface area contributed by atoms with Crippen LogP contribution >= 0.6 is 0 Å². The Balaban J connectivity index is 2.60. The summed E-state index contributed by atoms with van der Waals surface area (Å²) in [7, 11) is 0. The van der Waals surface area contributed by atoms with Crippen LogP contribution in [0.5, 0.6) is 11.5 Å². The Morgan fingerprint density at radius 1 is 0.765 bits per heavy atom. The first kappa shape index (κ1) is 9.65. The second-order valence-corrected chi connectivity index (χ2v) is 4.04. The molecule has 0 aliphatic carbocycles. The van der Waals surface area contributed by atoms with Gasteiger partial charge in [0.25, 0.3) is 0 Å². The molecule has 1 heterocycles. The highest BCUT2D eigenvalue weighted by atomic mass is 16.3. The zero-order chi connectivity index (χ0) is 12.2. The maximum absolute atomic E-state index is 9.48. The minimum absolute atomic E-state index is 0.0874. The number of fused-ring (bicyclic) bond motifs is 3. The van der Waals surface area contributed by atoms with E-state index >= 15 is 0 Å². The molecule has 0 saturated heterocycles. The molecule has 3 rings (SSSR count). The molecule has 0 spiro atoms. The molecule has 1 aromatic heterocycles. The lowest BCUT2D eigenvalue weighted by Crippen LogP contribution is -1.88. The van der Waals surface area contributed by atoms with Gasteiger partial charge in [0, 0.05) is 46.4 Å². The lowest BCUT2D eigenvalue weighted by molar-refractivity contribution is 0.476. The van der Waals surface area contributed by atoms with Gasteiger partial charge >= 0.3 is 0 Å². The van der Waals surface area contributed by atoms with Crippen LogP contribution in [0, 0.1) is 0 Å². The van der Waals surface area contributed by atoms with Crippen LogP contribution in [-0.2, 0) is 0 Å². The normalized spacial score (nSPS) is 11.3. The number of hydrogen-bond donors (Lipinski definition) is 5. The number of H-pyrrole nitrogens is 1. The molecular weight excluding hydrogens is 218 g/mol. The fraction of sp³-hybridized carbons (Fsp3) is 0. The summed E-state index contributed by atoms with van der Waals surface area (Å²) in [4.78, 5) is 3.06. The summed E-state index contributed by atoms with van der Waals surface area (Å²) >= 11 is 0. The Morgan fingerprint density at radius 3 is 1.59 bits per heavy atom. The molecule has 0 aliphatic rings. The van der Waals surface area contributed by atoms with Gasteiger partial charge < -0.3 is 26.7 Å². The quantitative estimate of drug-likeness (QED) is 0.379. The minimum atomic E-state index is 0.0874. The lowest BCUT2D eigenvalue weighted by Gasteiger charge is -2.01. The van der Waals surface area contributed by atoms with Crippen LogP contribution in [0.15, 0.2) is 24.3 Å². The molecule has 0 atom stereocenters. The highest BCUT2D eigenvalue weighted by molar-refractivity contribution is 6.18. The molecule has 5 nitrogen and oxygen atoms in total. The Labute approximate surface area is 96.3 Å². The maximum atomic E-state index is 9.48. The van der Waals surface area contributed by atoms with Crippen molar-refractivity contribution in [2.75, 3.05) is 11.5 Å². The average molecular weight is 229 g/mol. The topological polar surface area (TPSA) is 108 Å². The third-order valence-electron chi connectivity index (χ3n) is 2.83. The second kappa shape index (κ2) is 2.98. The van der Waals surface area contributed by atoms with Gasteiger partial charge in [-0.25, -0.2) is 0 Å². The summed E-state index contributed by atoms with van der Waals surface area (Å²) in [5.74, 6) is 0.175. The van der Waals surface area contributed by atoms with Gasteiger partial charge in [-0.1, -0.05) is 0 Å². The average Bonchev–Trinajstić information content (AvgIpc) is 2.55.